The van der Waals surface area contributed by atoms with Crippen molar-refractivity contribution < 1.29 is 13.5 Å². The Morgan fingerprint density at radius 3 is 1.96 bits per heavy atom. The van der Waals surface area contributed by atoms with Gasteiger partial charge < -0.3 is 10.4 Å². The van der Waals surface area contributed by atoms with E-state index in [2.05, 4.69) is 9.71 Å². The number of nitrogens with zero attached hydrogens (tertiary/aromatic N) is 1. The van der Waals surface area contributed by atoms with Crippen LogP contribution in [-0.4, -0.2) is 19.4 Å². The summed E-state index contributed by atoms with van der Waals surface area (Å²) >= 11 is 0. The largest absolute Gasteiger partial charge is 0.507 e. The number of hydrogen-bond donors (Lipinski definition) is 2. The number of rotatable bonds is 4. The third-order valence-corrected chi connectivity index (χ3v) is 5.34. The fourth-order valence-electron chi connectivity index (χ4n) is 2.67. The van der Waals surface area contributed by atoms with E-state index >= 15 is 0 Å². The van der Waals surface area contributed by atoms with Gasteiger partial charge in [0, 0.05) is 11.3 Å². The van der Waals surface area contributed by atoms with Crippen molar-refractivity contribution in [2.45, 2.75) is 18.7 Å². The number of phenolic OH excluding ortho intramolecular Hbond substituents is 1. The first kappa shape index (κ1) is 18.7. The summed E-state index contributed by atoms with van der Waals surface area (Å²) < 4.78 is 29.5. The molecule has 0 saturated carbocycles. The van der Waals surface area contributed by atoms with E-state index in [1.54, 1.807) is 56.3 Å². The van der Waals surface area contributed by atoms with Gasteiger partial charge in [0.2, 0.25) is 0 Å². The van der Waals surface area contributed by atoms with E-state index in [4.69, 9.17) is 0 Å². The second-order valence-electron chi connectivity index (χ2n) is 6.18. The minimum absolute atomic E-state index is 0.123. The van der Waals surface area contributed by atoms with Gasteiger partial charge in [0.15, 0.2) is 5.84 Å². The van der Waals surface area contributed by atoms with E-state index < -0.39 is 10.0 Å². The van der Waals surface area contributed by atoms with Gasteiger partial charge in [-0.15, -0.1) is 4.40 Å². The number of anilines is 1. The van der Waals surface area contributed by atoms with Gasteiger partial charge in [-0.1, -0.05) is 48.5 Å². The number of benzene rings is 3. The average Bonchev–Trinajstić information content (AvgIpc) is 2.67. The van der Waals surface area contributed by atoms with Crippen LogP contribution in [0.25, 0.3) is 0 Å². The van der Waals surface area contributed by atoms with E-state index in [1.807, 2.05) is 18.2 Å². The maximum absolute atomic E-state index is 12.7. The Morgan fingerprint density at radius 1 is 0.889 bits per heavy atom. The lowest BCUT2D eigenvalue weighted by Gasteiger charge is -2.13. The van der Waals surface area contributed by atoms with Gasteiger partial charge in [-0.05, 0) is 49.2 Å². The molecule has 0 amide bonds. The summed E-state index contributed by atoms with van der Waals surface area (Å²) in [7, 11) is -3.88. The van der Waals surface area contributed by atoms with Gasteiger partial charge in [-0.25, -0.2) is 0 Å². The van der Waals surface area contributed by atoms with E-state index in [0.29, 0.717) is 22.4 Å². The smallest absolute Gasteiger partial charge is 0.284 e. The Labute approximate surface area is 159 Å². The van der Waals surface area contributed by atoms with Crippen LogP contribution in [0.4, 0.5) is 5.69 Å². The van der Waals surface area contributed by atoms with Crippen molar-refractivity contribution in [1.82, 2.24) is 0 Å². The maximum atomic E-state index is 12.7. The summed E-state index contributed by atoms with van der Waals surface area (Å²) in [5, 5.41) is 13.1. The first-order valence-corrected chi connectivity index (χ1v) is 9.83. The highest BCUT2D eigenvalue weighted by atomic mass is 32.2. The van der Waals surface area contributed by atoms with Crippen LogP contribution in [0.5, 0.6) is 5.75 Å². The molecule has 0 aliphatic rings. The summed E-state index contributed by atoms with van der Waals surface area (Å²) in [4.78, 5) is 0.123. The summed E-state index contributed by atoms with van der Waals surface area (Å²) in [6.45, 7) is 3.57. The topological polar surface area (TPSA) is 78.8 Å². The van der Waals surface area contributed by atoms with E-state index in [9.17, 15) is 13.5 Å². The molecule has 0 unspecified atom stereocenters. The zero-order chi connectivity index (χ0) is 19.4. The first-order valence-electron chi connectivity index (χ1n) is 8.39. The van der Waals surface area contributed by atoms with Crippen LogP contribution in [-0.2, 0) is 10.0 Å². The summed E-state index contributed by atoms with van der Waals surface area (Å²) in [5.74, 6) is 0.430. The molecule has 0 aliphatic carbocycles. The van der Waals surface area contributed by atoms with Gasteiger partial charge in [0.05, 0.1) is 4.90 Å². The van der Waals surface area contributed by atoms with Crippen molar-refractivity contribution in [2.24, 2.45) is 4.40 Å². The number of hydrogen-bond acceptors (Lipinski definition) is 3. The van der Waals surface area contributed by atoms with Gasteiger partial charge in [-0.3, -0.25) is 0 Å². The second kappa shape index (κ2) is 7.63. The molecular formula is C21H20N2O3S. The Balaban J connectivity index is 2.08. The van der Waals surface area contributed by atoms with Crippen LogP contribution in [0.3, 0.4) is 0 Å². The number of nitrogens with one attached hydrogen (secondary N) is 1. The molecule has 138 valence electrons. The predicted molar refractivity (Wildman–Crippen MR) is 108 cm³/mol. The fraction of sp³-hybridized carbons (Fsp3) is 0.0952. The highest BCUT2D eigenvalue weighted by Crippen LogP contribution is 2.26. The zero-order valence-corrected chi connectivity index (χ0v) is 15.9. The van der Waals surface area contributed by atoms with Crippen LogP contribution in [0.2, 0.25) is 0 Å². The van der Waals surface area contributed by atoms with Crippen molar-refractivity contribution in [1.29, 1.82) is 0 Å². The van der Waals surface area contributed by atoms with E-state index in [-0.39, 0.29) is 16.5 Å². The molecule has 0 bridgehead atoms. The number of phenols is 1. The molecule has 0 aliphatic heterocycles. The monoisotopic (exact) mass is 380 g/mol. The molecule has 0 heterocycles. The molecule has 2 N–H and O–H groups in total. The van der Waals surface area contributed by atoms with Crippen molar-refractivity contribution in [3.05, 3.63) is 89.5 Å². The van der Waals surface area contributed by atoms with Crippen molar-refractivity contribution in [2.75, 3.05) is 5.32 Å². The second-order valence-corrected chi connectivity index (χ2v) is 7.78. The molecular weight excluding hydrogens is 360 g/mol. The molecule has 6 heteroatoms. The van der Waals surface area contributed by atoms with Gasteiger partial charge >= 0.3 is 0 Å². The van der Waals surface area contributed by atoms with Crippen molar-refractivity contribution in [3.8, 4) is 5.75 Å². The molecule has 0 spiro atoms. The third kappa shape index (κ3) is 4.35. The third-order valence-electron chi connectivity index (χ3n) is 4.05. The first-order chi connectivity index (χ1) is 12.9. The molecule has 0 saturated heterocycles. The van der Waals surface area contributed by atoms with Crippen molar-refractivity contribution >= 4 is 21.5 Å². The quantitative estimate of drug-likeness (QED) is 0.403. The molecule has 3 aromatic carbocycles. The van der Waals surface area contributed by atoms with Crippen LogP contribution < -0.4 is 5.32 Å². The van der Waals surface area contributed by atoms with Crippen LogP contribution in [0.1, 0.15) is 16.7 Å². The lowest BCUT2D eigenvalue weighted by Crippen LogP contribution is -2.16. The number of sulfonamides is 1. The normalized spacial score (nSPS) is 12.0. The molecule has 27 heavy (non-hydrogen) atoms. The van der Waals surface area contributed by atoms with Crippen LogP contribution in [0, 0.1) is 13.8 Å². The number of amidine groups is 1. The Morgan fingerprint density at radius 2 is 1.41 bits per heavy atom. The molecule has 5 nitrogen and oxygen atoms in total. The SMILES string of the molecule is Cc1cc(NC(=NS(=O)(=O)c2ccccc2)c2ccccc2)cc(C)c1O. The lowest BCUT2D eigenvalue weighted by atomic mass is 10.1. The highest BCUT2D eigenvalue weighted by Gasteiger charge is 2.16. The summed E-state index contributed by atoms with van der Waals surface area (Å²) in [5.41, 5.74) is 2.67. The Bertz CT molecular complexity index is 1050. The number of aryl methyl sites for hydroxylation is 2. The molecule has 0 atom stereocenters. The zero-order valence-electron chi connectivity index (χ0n) is 15.0. The molecule has 3 rings (SSSR count). The minimum atomic E-state index is -3.88. The average molecular weight is 380 g/mol. The number of aromatic hydroxyl groups is 1. The molecule has 0 aromatic heterocycles. The molecule has 0 fully saturated rings. The summed E-state index contributed by atoms with van der Waals surface area (Å²) in [6, 6.07) is 20.6. The predicted octanol–water partition coefficient (Wildman–Crippen LogP) is 4.26. The lowest BCUT2D eigenvalue weighted by molar-refractivity contribution is 0.467. The van der Waals surface area contributed by atoms with E-state index in [1.165, 1.54) is 12.1 Å². The fourth-order valence-corrected chi connectivity index (χ4v) is 3.67. The van der Waals surface area contributed by atoms with Gasteiger partial charge in [0.25, 0.3) is 10.0 Å². The van der Waals surface area contributed by atoms with Gasteiger partial charge in [0.1, 0.15) is 5.75 Å². The van der Waals surface area contributed by atoms with Crippen molar-refractivity contribution in [3.63, 3.8) is 0 Å². The molecule has 0 radical (unpaired) electrons. The maximum Gasteiger partial charge on any atom is 0.284 e. The highest BCUT2D eigenvalue weighted by molar-refractivity contribution is 7.90. The standard InChI is InChI=1S/C21H20N2O3S/c1-15-13-18(14-16(2)20(15)24)22-21(17-9-5-3-6-10-17)23-27(25,26)19-11-7-4-8-12-19/h3-14,24H,1-2H3,(H,22,23). The molecule has 3 aromatic rings. The van der Waals surface area contributed by atoms with E-state index in [0.717, 1.165) is 0 Å². The minimum Gasteiger partial charge on any atom is -0.507 e. The van der Waals surface area contributed by atoms with Crippen LogP contribution >= 0.6 is 0 Å². The summed E-state index contributed by atoms with van der Waals surface area (Å²) in [6.07, 6.45) is 0. The Hall–Kier alpha value is -3.12. The van der Waals surface area contributed by atoms with Gasteiger partial charge in [-0.2, -0.15) is 8.42 Å². The Kier molecular flexibility index (Phi) is 5.28. The van der Waals surface area contributed by atoms with Crippen LogP contribution in [0.15, 0.2) is 82.1 Å².